The van der Waals surface area contributed by atoms with Gasteiger partial charge >= 0.3 is 0 Å². The highest BCUT2D eigenvalue weighted by atomic mass is 79.9. The maximum Gasteiger partial charge on any atom is 0.255 e. The van der Waals surface area contributed by atoms with Crippen molar-refractivity contribution in [2.45, 2.75) is 0 Å². The van der Waals surface area contributed by atoms with Gasteiger partial charge in [-0.2, -0.15) is 0 Å². The molecule has 1 aromatic heterocycles. The molecule has 1 amide bonds. The monoisotopic (exact) mass is 351 g/mol. The van der Waals surface area contributed by atoms with Crippen LogP contribution in [-0.2, 0) is 0 Å². The molecule has 0 saturated heterocycles. The fourth-order valence-corrected chi connectivity index (χ4v) is 2.43. The second-order valence-corrected chi connectivity index (χ2v) is 5.19. The highest BCUT2D eigenvalue weighted by Crippen LogP contribution is 2.27. The van der Waals surface area contributed by atoms with Crippen LogP contribution in [0.5, 0.6) is 0 Å². The van der Waals surface area contributed by atoms with Crippen LogP contribution in [0.3, 0.4) is 0 Å². The number of H-pyrrole nitrogens is 1. The molecule has 1 heterocycles. The Labute approximate surface area is 126 Å². The highest BCUT2D eigenvalue weighted by Gasteiger charge is 2.14. The number of aromatic nitrogens is 2. The number of anilines is 1. The van der Waals surface area contributed by atoms with Crippen LogP contribution in [0, 0.1) is 11.6 Å². The SMILES string of the molecule is O=C(Nc1c(F)cc(F)cc1Br)c1ccc2nc[nH]c2c1. The molecule has 21 heavy (non-hydrogen) atoms. The Kier molecular flexibility index (Phi) is 3.42. The smallest absolute Gasteiger partial charge is 0.255 e. The molecule has 0 saturated carbocycles. The highest BCUT2D eigenvalue weighted by molar-refractivity contribution is 9.10. The molecule has 2 aromatic carbocycles. The number of carbonyl (C=O) groups excluding carboxylic acids is 1. The number of carbonyl (C=O) groups is 1. The fourth-order valence-electron chi connectivity index (χ4n) is 1.92. The van der Waals surface area contributed by atoms with Gasteiger partial charge in [0, 0.05) is 16.1 Å². The normalized spacial score (nSPS) is 10.8. The number of aromatic amines is 1. The van der Waals surface area contributed by atoms with Crippen LogP contribution >= 0.6 is 15.9 Å². The predicted molar refractivity (Wildman–Crippen MR) is 78.1 cm³/mol. The maximum atomic E-state index is 13.7. The number of halogens is 3. The first kappa shape index (κ1) is 13.7. The molecule has 0 radical (unpaired) electrons. The van der Waals surface area contributed by atoms with Crippen LogP contribution in [0.2, 0.25) is 0 Å². The third-order valence-electron chi connectivity index (χ3n) is 2.93. The summed E-state index contributed by atoms with van der Waals surface area (Å²) in [5.74, 6) is -2.08. The van der Waals surface area contributed by atoms with Crippen LogP contribution < -0.4 is 5.32 Å². The summed E-state index contributed by atoms with van der Waals surface area (Å²) in [5, 5.41) is 2.42. The minimum absolute atomic E-state index is 0.105. The van der Waals surface area contributed by atoms with Gasteiger partial charge in [-0.15, -0.1) is 0 Å². The van der Waals surface area contributed by atoms with E-state index in [1.807, 2.05) is 0 Å². The zero-order chi connectivity index (χ0) is 15.0. The summed E-state index contributed by atoms with van der Waals surface area (Å²) in [5.41, 5.74) is 1.65. The van der Waals surface area contributed by atoms with E-state index in [0.29, 0.717) is 17.1 Å². The van der Waals surface area contributed by atoms with Gasteiger partial charge in [-0.1, -0.05) is 0 Å². The lowest BCUT2D eigenvalue weighted by atomic mass is 10.2. The minimum Gasteiger partial charge on any atom is -0.345 e. The van der Waals surface area contributed by atoms with Gasteiger partial charge in [-0.05, 0) is 40.2 Å². The van der Waals surface area contributed by atoms with E-state index in [1.165, 1.54) is 6.33 Å². The number of amides is 1. The average Bonchev–Trinajstić information content (AvgIpc) is 2.89. The summed E-state index contributed by atoms with van der Waals surface area (Å²) in [6, 6.07) is 6.65. The van der Waals surface area contributed by atoms with E-state index in [1.54, 1.807) is 18.2 Å². The standard InChI is InChI=1S/C14H8BrF2N3O/c15-9-4-8(16)5-10(17)13(9)20-14(21)7-1-2-11-12(3-7)19-6-18-11/h1-6H,(H,18,19)(H,20,21). The zero-order valence-electron chi connectivity index (χ0n) is 10.5. The molecule has 0 unspecified atom stereocenters. The van der Waals surface area contributed by atoms with Gasteiger partial charge in [0.15, 0.2) is 5.82 Å². The molecular formula is C14H8BrF2N3O. The molecule has 0 aliphatic heterocycles. The molecule has 0 bridgehead atoms. The lowest BCUT2D eigenvalue weighted by Gasteiger charge is -2.09. The Morgan fingerprint density at radius 2 is 2.05 bits per heavy atom. The van der Waals surface area contributed by atoms with E-state index in [-0.39, 0.29) is 10.2 Å². The van der Waals surface area contributed by atoms with Crippen molar-refractivity contribution in [2.75, 3.05) is 5.32 Å². The van der Waals surface area contributed by atoms with Crippen molar-refractivity contribution in [2.24, 2.45) is 0 Å². The number of imidazole rings is 1. The molecule has 0 spiro atoms. The molecule has 0 aliphatic carbocycles. The molecule has 2 N–H and O–H groups in total. The van der Waals surface area contributed by atoms with Gasteiger partial charge in [0.2, 0.25) is 0 Å². The molecule has 4 nitrogen and oxygen atoms in total. The van der Waals surface area contributed by atoms with Crippen molar-refractivity contribution in [1.82, 2.24) is 9.97 Å². The first-order valence-electron chi connectivity index (χ1n) is 5.93. The number of fused-ring (bicyclic) bond motifs is 1. The third-order valence-corrected chi connectivity index (χ3v) is 3.55. The van der Waals surface area contributed by atoms with Gasteiger partial charge in [0.05, 0.1) is 23.0 Å². The Balaban J connectivity index is 1.92. The molecule has 7 heteroatoms. The molecule has 106 valence electrons. The minimum atomic E-state index is -0.849. The number of nitrogens with zero attached hydrogens (tertiary/aromatic N) is 1. The first-order valence-corrected chi connectivity index (χ1v) is 6.73. The summed E-state index contributed by atoms with van der Waals surface area (Å²) in [7, 11) is 0. The Morgan fingerprint density at radius 1 is 1.24 bits per heavy atom. The van der Waals surface area contributed by atoms with Gasteiger partial charge in [-0.25, -0.2) is 13.8 Å². The van der Waals surface area contributed by atoms with Crippen molar-refractivity contribution < 1.29 is 13.6 Å². The Bertz CT molecular complexity index is 824. The molecular weight excluding hydrogens is 344 g/mol. The molecule has 0 atom stereocenters. The first-order chi connectivity index (χ1) is 10.0. The van der Waals surface area contributed by atoms with Crippen LogP contribution in [-0.4, -0.2) is 15.9 Å². The third kappa shape index (κ3) is 2.64. The molecule has 3 aromatic rings. The summed E-state index contributed by atoms with van der Waals surface area (Å²) >= 11 is 3.02. The lowest BCUT2D eigenvalue weighted by Crippen LogP contribution is -2.13. The number of hydrogen-bond donors (Lipinski definition) is 2. The molecule has 0 fully saturated rings. The van der Waals surface area contributed by atoms with Gasteiger partial charge in [-0.3, -0.25) is 4.79 Å². The number of benzene rings is 2. The van der Waals surface area contributed by atoms with E-state index in [0.717, 1.165) is 11.6 Å². The van der Waals surface area contributed by atoms with E-state index in [4.69, 9.17) is 0 Å². The number of nitrogens with one attached hydrogen (secondary N) is 2. The Morgan fingerprint density at radius 3 is 2.81 bits per heavy atom. The summed E-state index contributed by atoms with van der Waals surface area (Å²) in [4.78, 5) is 19.1. The van der Waals surface area contributed by atoms with Crippen LogP contribution in [0.1, 0.15) is 10.4 Å². The van der Waals surface area contributed by atoms with Crippen LogP contribution in [0.15, 0.2) is 41.1 Å². The quantitative estimate of drug-likeness (QED) is 0.736. The van der Waals surface area contributed by atoms with E-state index >= 15 is 0 Å². The molecule has 0 aliphatic rings. The topological polar surface area (TPSA) is 57.8 Å². The summed E-state index contributed by atoms with van der Waals surface area (Å²) in [6.07, 6.45) is 1.52. The second kappa shape index (κ2) is 5.25. The van der Waals surface area contributed by atoms with Crippen molar-refractivity contribution in [1.29, 1.82) is 0 Å². The second-order valence-electron chi connectivity index (χ2n) is 4.33. The summed E-state index contributed by atoms with van der Waals surface area (Å²) in [6.45, 7) is 0. The van der Waals surface area contributed by atoms with Crippen LogP contribution in [0.4, 0.5) is 14.5 Å². The van der Waals surface area contributed by atoms with Crippen LogP contribution in [0.25, 0.3) is 11.0 Å². The number of rotatable bonds is 2. The van der Waals surface area contributed by atoms with Crippen molar-refractivity contribution in [3.8, 4) is 0 Å². The molecule has 3 rings (SSSR count). The summed E-state index contributed by atoms with van der Waals surface area (Å²) < 4.78 is 26.8. The Hall–Kier alpha value is -2.28. The van der Waals surface area contributed by atoms with E-state index < -0.39 is 17.5 Å². The maximum absolute atomic E-state index is 13.7. The largest absolute Gasteiger partial charge is 0.345 e. The van der Waals surface area contributed by atoms with Gasteiger partial charge in [0.25, 0.3) is 5.91 Å². The average molecular weight is 352 g/mol. The van der Waals surface area contributed by atoms with Crippen molar-refractivity contribution in [3.05, 3.63) is 58.3 Å². The fraction of sp³-hybridized carbons (Fsp3) is 0. The van der Waals surface area contributed by atoms with Gasteiger partial charge < -0.3 is 10.3 Å². The van der Waals surface area contributed by atoms with Crippen molar-refractivity contribution in [3.63, 3.8) is 0 Å². The zero-order valence-corrected chi connectivity index (χ0v) is 12.0. The van der Waals surface area contributed by atoms with E-state index in [9.17, 15) is 13.6 Å². The van der Waals surface area contributed by atoms with E-state index in [2.05, 4.69) is 31.2 Å². The number of hydrogen-bond acceptors (Lipinski definition) is 2. The van der Waals surface area contributed by atoms with Crippen molar-refractivity contribution >= 4 is 38.6 Å². The predicted octanol–water partition coefficient (Wildman–Crippen LogP) is 3.86. The van der Waals surface area contributed by atoms with Gasteiger partial charge in [0.1, 0.15) is 5.82 Å². The lowest BCUT2D eigenvalue weighted by molar-refractivity contribution is 0.102.